The summed E-state index contributed by atoms with van der Waals surface area (Å²) in [5.74, 6) is -1.04. The Morgan fingerprint density at radius 3 is 2.61 bits per heavy atom. The van der Waals surface area contributed by atoms with Crippen molar-refractivity contribution in [2.24, 2.45) is 0 Å². The van der Waals surface area contributed by atoms with Gasteiger partial charge in [-0.05, 0) is 23.6 Å². The fourth-order valence-electron chi connectivity index (χ4n) is 1.85. The summed E-state index contributed by atoms with van der Waals surface area (Å²) < 4.78 is 4.51. The molecule has 0 fully saturated rings. The average molecular weight is 332 g/mol. The lowest BCUT2D eigenvalue weighted by atomic mass is 10.1. The summed E-state index contributed by atoms with van der Waals surface area (Å²) in [4.78, 5) is 35.3. The molecule has 0 aliphatic carbocycles. The first-order chi connectivity index (χ1) is 11.1. The molecule has 1 aromatic carbocycles. The van der Waals surface area contributed by atoms with E-state index in [1.54, 1.807) is 41.1 Å². The third-order valence-corrected chi connectivity index (χ3v) is 3.73. The number of carbonyl (C=O) groups excluding carboxylic acids is 3. The molecule has 0 aliphatic heterocycles. The number of anilines is 1. The van der Waals surface area contributed by atoms with E-state index in [0.29, 0.717) is 16.8 Å². The maximum absolute atomic E-state index is 12.2. The maximum Gasteiger partial charge on any atom is 0.307 e. The fourth-order valence-corrected chi connectivity index (χ4v) is 2.49. The number of esters is 1. The molecule has 1 aromatic heterocycles. The number of thiophene rings is 1. The third kappa shape index (κ3) is 4.65. The lowest BCUT2D eigenvalue weighted by Gasteiger charge is -2.10. The van der Waals surface area contributed by atoms with Crippen LogP contribution in [0.5, 0.6) is 0 Å². The van der Waals surface area contributed by atoms with Crippen molar-refractivity contribution in [3.05, 3.63) is 52.2 Å². The van der Waals surface area contributed by atoms with Gasteiger partial charge in [-0.3, -0.25) is 14.4 Å². The van der Waals surface area contributed by atoms with Crippen molar-refractivity contribution >= 4 is 34.8 Å². The zero-order chi connectivity index (χ0) is 16.7. The van der Waals surface area contributed by atoms with E-state index in [2.05, 4.69) is 15.4 Å². The topological polar surface area (TPSA) is 84.5 Å². The average Bonchev–Trinajstić information content (AvgIpc) is 3.09. The zero-order valence-electron chi connectivity index (χ0n) is 12.5. The van der Waals surface area contributed by atoms with Crippen molar-refractivity contribution in [2.45, 2.75) is 6.42 Å². The van der Waals surface area contributed by atoms with E-state index in [4.69, 9.17) is 0 Å². The number of benzene rings is 1. The van der Waals surface area contributed by atoms with Gasteiger partial charge in [0.2, 0.25) is 0 Å². The van der Waals surface area contributed by atoms with Gasteiger partial charge in [0.25, 0.3) is 11.8 Å². The van der Waals surface area contributed by atoms with Crippen molar-refractivity contribution in [1.82, 2.24) is 5.32 Å². The van der Waals surface area contributed by atoms with Gasteiger partial charge >= 0.3 is 5.97 Å². The monoisotopic (exact) mass is 332 g/mol. The largest absolute Gasteiger partial charge is 0.469 e. The van der Waals surface area contributed by atoms with Crippen molar-refractivity contribution in [2.75, 3.05) is 19.0 Å². The van der Waals surface area contributed by atoms with E-state index in [9.17, 15) is 14.4 Å². The molecule has 2 rings (SSSR count). The first kappa shape index (κ1) is 16.7. The van der Waals surface area contributed by atoms with E-state index in [-0.39, 0.29) is 24.8 Å². The minimum atomic E-state index is -0.399. The molecule has 7 heteroatoms. The summed E-state index contributed by atoms with van der Waals surface area (Å²) >= 11 is 1.42. The van der Waals surface area contributed by atoms with Crippen LogP contribution in [0, 0.1) is 0 Å². The second-order valence-corrected chi connectivity index (χ2v) is 5.37. The third-order valence-electron chi connectivity index (χ3n) is 3.05. The Labute approximate surface area is 137 Å². The number of hydrogen-bond donors (Lipinski definition) is 2. The number of nitrogens with one attached hydrogen (secondary N) is 2. The Balaban J connectivity index is 2.03. The van der Waals surface area contributed by atoms with E-state index in [1.165, 1.54) is 18.4 Å². The van der Waals surface area contributed by atoms with Crippen LogP contribution in [0.4, 0.5) is 5.69 Å². The molecule has 0 radical (unpaired) electrons. The number of rotatable bonds is 6. The van der Waals surface area contributed by atoms with Crippen molar-refractivity contribution in [3.8, 4) is 0 Å². The molecule has 2 amide bonds. The standard InChI is InChI=1S/C16H16N2O4S/c1-22-14(19)6-8-17-16(21)12-4-2-3-5-13(12)18-15(20)11-7-9-23-10-11/h2-5,7,9-10H,6,8H2,1H3,(H,17,21)(H,18,20). The summed E-state index contributed by atoms with van der Waals surface area (Å²) in [7, 11) is 1.29. The SMILES string of the molecule is COC(=O)CCNC(=O)c1ccccc1NC(=O)c1ccsc1. The second-order valence-electron chi connectivity index (χ2n) is 4.59. The molecular weight excluding hydrogens is 316 g/mol. The summed E-state index contributed by atoms with van der Waals surface area (Å²) in [6, 6.07) is 8.40. The van der Waals surface area contributed by atoms with Gasteiger partial charge in [0.05, 0.1) is 30.3 Å². The quantitative estimate of drug-likeness (QED) is 0.795. The molecule has 0 bridgehead atoms. The van der Waals surface area contributed by atoms with Gasteiger partial charge in [0.15, 0.2) is 0 Å². The molecule has 2 N–H and O–H groups in total. The first-order valence-corrected chi connectivity index (χ1v) is 7.83. The summed E-state index contributed by atoms with van der Waals surface area (Å²) in [5, 5.41) is 8.88. The fraction of sp³-hybridized carbons (Fsp3) is 0.188. The Hall–Kier alpha value is -2.67. The Morgan fingerprint density at radius 1 is 1.13 bits per heavy atom. The molecule has 0 spiro atoms. The highest BCUT2D eigenvalue weighted by Crippen LogP contribution is 2.17. The highest BCUT2D eigenvalue weighted by atomic mass is 32.1. The number of carbonyl (C=O) groups is 3. The van der Waals surface area contributed by atoms with Crippen molar-refractivity contribution < 1.29 is 19.1 Å². The minimum Gasteiger partial charge on any atom is -0.469 e. The molecule has 1 heterocycles. The number of para-hydroxylation sites is 1. The van der Waals surface area contributed by atoms with Crippen LogP contribution in [0.3, 0.4) is 0 Å². The molecule has 0 aliphatic rings. The lowest BCUT2D eigenvalue weighted by molar-refractivity contribution is -0.140. The van der Waals surface area contributed by atoms with Crippen LogP contribution in [0.2, 0.25) is 0 Å². The van der Waals surface area contributed by atoms with E-state index >= 15 is 0 Å². The smallest absolute Gasteiger partial charge is 0.307 e. The maximum atomic E-state index is 12.2. The second kappa shape index (κ2) is 8.09. The Morgan fingerprint density at radius 2 is 1.91 bits per heavy atom. The molecule has 120 valence electrons. The van der Waals surface area contributed by atoms with Gasteiger partial charge in [0.1, 0.15) is 0 Å². The van der Waals surface area contributed by atoms with Crippen molar-refractivity contribution in [3.63, 3.8) is 0 Å². The molecule has 0 saturated carbocycles. The molecule has 23 heavy (non-hydrogen) atoms. The van der Waals surface area contributed by atoms with Crippen LogP contribution in [0.25, 0.3) is 0 Å². The van der Waals surface area contributed by atoms with Crippen LogP contribution in [0.15, 0.2) is 41.1 Å². The van der Waals surface area contributed by atoms with Crippen LogP contribution in [0.1, 0.15) is 27.1 Å². The summed E-state index contributed by atoms with van der Waals surface area (Å²) in [5.41, 5.74) is 1.29. The molecule has 0 atom stereocenters. The normalized spacial score (nSPS) is 9.96. The minimum absolute atomic E-state index is 0.0890. The highest BCUT2D eigenvalue weighted by molar-refractivity contribution is 7.08. The van der Waals surface area contributed by atoms with Crippen LogP contribution >= 0.6 is 11.3 Å². The molecular formula is C16H16N2O4S. The predicted octanol–water partition coefficient (Wildman–Crippen LogP) is 2.29. The Bertz CT molecular complexity index is 698. The van der Waals surface area contributed by atoms with Gasteiger partial charge in [-0.1, -0.05) is 12.1 Å². The number of hydrogen-bond acceptors (Lipinski definition) is 5. The molecule has 0 unspecified atom stereocenters. The van der Waals surface area contributed by atoms with Crippen LogP contribution in [-0.2, 0) is 9.53 Å². The summed E-state index contributed by atoms with van der Waals surface area (Å²) in [6.45, 7) is 0.165. The van der Waals surface area contributed by atoms with Gasteiger partial charge in [-0.25, -0.2) is 0 Å². The molecule has 6 nitrogen and oxygen atoms in total. The predicted molar refractivity (Wildman–Crippen MR) is 87.7 cm³/mol. The van der Waals surface area contributed by atoms with E-state index in [1.807, 2.05) is 0 Å². The van der Waals surface area contributed by atoms with Crippen LogP contribution in [-0.4, -0.2) is 31.4 Å². The first-order valence-electron chi connectivity index (χ1n) is 6.89. The van der Waals surface area contributed by atoms with E-state index < -0.39 is 5.97 Å². The lowest BCUT2D eigenvalue weighted by Crippen LogP contribution is -2.27. The van der Waals surface area contributed by atoms with E-state index in [0.717, 1.165) is 0 Å². The van der Waals surface area contributed by atoms with Gasteiger partial charge in [0, 0.05) is 11.9 Å². The van der Waals surface area contributed by atoms with Gasteiger partial charge in [-0.15, -0.1) is 0 Å². The number of methoxy groups -OCH3 is 1. The van der Waals surface area contributed by atoms with Gasteiger partial charge in [-0.2, -0.15) is 11.3 Å². The van der Waals surface area contributed by atoms with Crippen molar-refractivity contribution in [1.29, 1.82) is 0 Å². The van der Waals surface area contributed by atoms with Gasteiger partial charge < -0.3 is 15.4 Å². The number of amides is 2. The Kier molecular flexibility index (Phi) is 5.87. The molecule has 2 aromatic rings. The highest BCUT2D eigenvalue weighted by Gasteiger charge is 2.14. The zero-order valence-corrected chi connectivity index (χ0v) is 13.3. The number of ether oxygens (including phenoxy) is 1. The van der Waals surface area contributed by atoms with Crippen LogP contribution < -0.4 is 10.6 Å². The summed E-state index contributed by atoms with van der Waals surface area (Å²) in [6.07, 6.45) is 0.0890. The molecule has 0 saturated heterocycles.